The highest BCUT2D eigenvalue weighted by Crippen LogP contribution is 2.68. The smallest absolute Gasteiger partial charge is 0.134 e. The number of carbonyl (C=O) groups excluding carboxylic acids is 1. The highest BCUT2D eigenvalue weighted by molar-refractivity contribution is 7.67. The Hall–Kier alpha value is -3.80. The molecular weight excluding hydrogens is 636 g/mol. The minimum absolute atomic E-state index is 0.104. The maximum atomic E-state index is 14.1. The third-order valence-corrected chi connectivity index (χ3v) is 15.9. The van der Waals surface area contributed by atoms with E-state index < -0.39 is 7.92 Å². The van der Waals surface area contributed by atoms with Gasteiger partial charge in [-0.15, -0.1) is 0 Å². The molecule has 0 saturated carbocycles. The first kappa shape index (κ1) is 37.0. The zero-order chi connectivity index (χ0) is 37.2. The number of rotatable bonds is 5. The van der Waals surface area contributed by atoms with Crippen LogP contribution in [0.15, 0.2) is 54.6 Å². The molecule has 0 radical (unpaired) electrons. The highest BCUT2D eigenvalue weighted by Gasteiger charge is 2.42. The number of Topliss-reactive ketones (excluding diaryl/α,β-unsaturated/α-hetero) is 1. The van der Waals surface area contributed by atoms with E-state index >= 15 is 0 Å². The first-order valence-corrected chi connectivity index (χ1v) is 20.2. The zero-order valence-electron chi connectivity index (χ0n) is 33.6. The van der Waals surface area contributed by atoms with Gasteiger partial charge in [-0.05, 0) is 191 Å². The van der Waals surface area contributed by atoms with E-state index in [0.717, 1.165) is 0 Å². The van der Waals surface area contributed by atoms with Gasteiger partial charge in [0, 0.05) is 24.2 Å². The molecule has 1 aliphatic rings. The van der Waals surface area contributed by atoms with Crippen molar-refractivity contribution in [2.75, 3.05) is 0 Å². The molecule has 2 heteroatoms. The van der Waals surface area contributed by atoms with Gasteiger partial charge in [0.2, 0.25) is 0 Å². The third kappa shape index (κ3) is 6.46. The molecule has 1 aliphatic heterocycles. The molecule has 0 N–H and O–H groups in total. The first-order valence-electron chi connectivity index (χ1n) is 18.8. The lowest BCUT2D eigenvalue weighted by Crippen LogP contribution is -2.26. The van der Waals surface area contributed by atoms with E-state index in [4.69, 9.17) is 0 Å². The van der Waals surface area contributed by atoms with Crippen molar-refractivity contribution in [3.05, 3.63) is 144 Å². The number of ketones is 1. The zero-order valence-corrected chi connectivity index (χ0v) is 34.5. The van der Waals surface area contributed by atoms with Gasteiger partial charge >= 0.3 is 0 Å². The maximum absolute atomic E-state index is 14.1. The Kier molecular flexibility index (Phi) is 10.1. The van der Waals surface area contributed by atoms with Gasteiger partial charge in [-0.2, -0.15) is 0 Å². The number of hydrogen-bond donors (Lipinski definition) is 0. The van der Waals surface area contributed by atoms with E-state index in [2.05, 4.69) is 152 Å². The molecule has 2 atom stereocenters. The fourth-order valence-electron chi connectivity index (χ4n) is 9.23. The summed E-state index contributed by atoms with van der Waals surface area (Å²) < 4.78 is 0. The molecule has 1 fully saturated rings. The van der Waals surface area contributed by atoms with Gasteiger partial charge in [-0.1, -0.05) is 84.8 Å². The van der Waals surface area contributed by atoms with E-state index in [1.165, 1.54) is 117 Å². The van der Waals surface area contributed by atoms with E-state index in [-0.39, 0.29) is 11.3 Å². The number of carbonyl (C=O) groups is 1. The maximum Gasteiger partial charge on any atom is 0.134 e. The van der Waals surface area contributed by atoms with Crippen LogP contribution in [0.1, 0.15) is 113 Å². The molecule has 6 rings (SSSR count). The van der Waals surface area contributed by atoms with E-state index in [9.17, 15) is 4.79 Å². The standard InChI is InChI=1S/C49H57OP/c1-26-18-27(2)21-40(20-26)45-24-42(50)25-46(41-22-28(3)19-29(4)23-41)51(45)49-43(47-36(11)32(7)30(5)33(8)37(47)12)16-15-17-44(49)48-38(13)34(9)31(6)35(10)39(48)14/h15-23,45-46H,24-25H2,1-14H3. The summed E-state index contributed by atoms with van der Waals surface area (Å²) in [6.45, 7) is 31.9. The Morgan fingerprint density at radius 1 is 0.431 bits per heavy atom. The van der Waals surface area contributed by atoms with Crippen molar-refractivity contribution >= 4 is 19.0 Å². The Balaban J connectivity index is 1.84. The summed E-state index contributed by atoms with van der Waals surface area (Å²) in [5.41, 5.74) is 27.1. The largest absolute Gasteiger partial charge is 0.300 e. The second-order valence-corrected chi connectivity index (χ2v) is 18.4. The van der Waals surface area contributed by atoms with Crippen LogP contribution in [0.4, 0.5) is 0 Å². The van der Waals surface area contributed by atoms with Gasteiger partial charge in [0.1, 0.15) is 5.78 Å². The summed E-state index contributed by atoms with van der Waals surface area (Å²) >= 11 is 0. The van der Waals surface area contributed by atoms with Crippen molar-refractivity contribution in [2.24, 2.45) is 0 Å². The van der Waals surface area contributed by atoms with Gasteiger partial charge in [-0.3, -0.25) is 4.79 Å². The molecule has 0 aliphatic carbocycles. The van der Waals surface area contributed by atoms with Crippen LogP contribution in [-0.4, -0.2) is 5.78 Å². The fraction of sp³-hybridized carbons (Fsp3) is 0.367. The molecule has 2 unspecified atom stereocenters. The van der Waals surface area contributed by atoms with E-state index in [0.29, 0.717) is 18.6 Å². The lowest BCUT2D eigenvalue weighted by molar-refractivity contribution is -0.119. The highest BCUT2D eigenvalue weighted by atomic mass is 31.1. The van der Waals surface area contributed by atoms with Crippen molar-refractivity contribution in [3.8, 4) is 22.3 Å². The Morgan fingerprint density at radius 3 is 1.04 bits per heavy atom. The molecular formula is C49H57OP. The Morgan fingerprint density at radius 2 is 0.725 bits per heavy atom. The van der Waals surface area contributed by atoms with Crippen molar-refractivity contribution in [1.29, 1.82) is 0 Å². The SMILES string of the molecule is Cc1cc(C)cc(C2CC(=O)CC(c3cc(C)cc(C)c3)P2c2c(-c3c(C)c(C)c(C)c(C)c3C)cccc2-c2c(C)c(C)c(C)c(C)c2C)c1. The lowest BCUT2D eigenvalue weighted by Gasteiger charge is -2.42. The molecule has 1 nitrogen and oxygen atoms in total. The molecule has 0 aromatic heterocycles. The average Bonchev–Trinajstić information content (AvgIpc) is 3.07. The molecule has 5 aromatic rings. The van der Waals surface area contributed by atoms with Gasteiger partial charge in [0.15, 0.2) is 0 Å². The summed E-state index contributed by atoms with van der Waals surface area (Å²) in [5.74, 6) is 0.380. The predicted molar refractivity (Wildman–Crippen MR) is 223 cm³/mol. The van der Waals surface area contributed by atoms with Crippen molar-refractivity contribution < 1.29 is 4.79 Å². The number of aryl methyl sites for hydroxylation is 4. The van der Waals surface area contributed by atoms with Crippen molar-refractivity contribution in [3.63, 3.8) is 0 Å². The summed E-state index contributed by atoms with van der Waals surface area (Å²) in [7, 11) is -0.936. The number of hydrogen-bond acceptors (Lipinski definition) is 1. The quantitative estimate of drug-likeness (QED) is 0.168. The van der Waals surface area contributed by atoms with Crippen LogP contribution in [0.5, 0.6) is 0 Å². The average molecular weight is 693 g/mol. The van der Waals surface area contributed by atoms with Crippen LogP contribution in [0, 0.1) is 96.9 Å². The van der Waals surface area contributed by atoms with Crippen LogP contribution >= 0.6 is 7.92 Å². The summed E-state index contributed by atoms with van der Waals surface area (Å²) in [6.07, 6.45) is 1.16. The summed E-state index contributed by atoms with van der Waals surface area (Å²) in [4.78, 5) is 14.1. The van der Waals surface area contributed by atoms with Crippen LogP contribution in [-0.2, 0) is 4.79 Å². The van der Waals surface area contributed by atoms with Gasteiger partial charge in [0.25, 0.3) is 0 Å². The van der Waals surface area contributed by atoms with Gasteiger partial charge in [-0.25, -0.2) is 0 Å². The van der Waals surface area contributed by atoms with Gasteiger partial charge in [0.05, 0.1) is 0 Å². The van der Waals surface area contributed by atoms with Gasteiger partial charge < -0.3 is 0 Å². The fourth-order valence-corrected chi connectivity index (χ4v) is 13.0. The minimum atomic E-state index is -0.936. The molecule has 264 valence electrons. The van der Waals surface area contributed by atoms with Crippen LogP contribution in [0.25, 0.3) is 22.3 Å². The summed E-state index contributed by atoms with van der Waals surface area (Å²) in [6, 6.07) is 21.2. The summed E-state index contributed by atoms with van der Waals surface area (Å²) in [5, 5.41) is 1.47. The topological polar surface area (TPSA) is 17.1 Å². The molecule has 0 bridgehead atoms. The van der Waals surface area contributed by atoms with E-state index in [1.807, 2.05) is 0 Å². The monoisotopic (exact) mass is 692 g/mol. The third-order valence-electron chi connectivity index (χ3n) is 12.6. The molecule has 1 heterocycles. The van der Waals surface area contributed by atoms with Crippen LogP contribution < -0.4 is 5.30 Å². The molecule has 0 spiro atoms. The molecule has 1 saturated heterocycles. The second kappa shape index (κ2) is 14.0. The normalized spacial score (nSPS) is 17.7. The molecule has 5 aromatic carbocycles. The minimum Gasteiger partial charge on any atom is -0.300 e. The van der Waals surface area contributed by atoms with Crippen molar-refractivity contribution in [2.45, 2.75) is 121 Å². The second-order valence-electron chi connectivity index (χ2n) is 15.9. The van der Waals surface area contributed by atoms with E-state index in [1.54, 1.807) is 0 Å². The predicted octanol–water partition coefficient (Wildman–Crippen LogP) is 13.3. The Labute approximate surface area is 309 Å². The first-order chi connectivity index (χ1) is 24.0. The number of benzene rings is 5. The van der Waals surface area contributed by atoms with Crippen LogP contribution in [0.2, 0.25) is 0 Å². The lowest BCUT2D eigenvalue weighted by atomic mass is 9.83. The van der Waals surface area contributed by atoms with Crippen molar-refractivity contribution in [1.82, 2.24) is 0 Å². The Bertz CT molecular complexity index is 1980. The molecule has 51 heavy (non-hydrogen) atoms. The van der Waals surface area contributed by atoms with Crippen LogP contribution in [0.3, 0.4) is 0 Å². The molecule has 0 amide bonds.